The van der Waals surface area contributed by atoms with Crippen LogP contribution in [0.15, 0.2) is 48.5 Å². The summed E-state index contributed by atoms with van der Waals surface area (Å²) in [6.07, 6.45) is 1.25. The van der Waals surface area contributed by atoms with Crippen molar-refractivity contribution in [2.75, 3.05) is 57.2 Å². The maximum absolute atomic E-state index is 13.1. The molecule has 0 atom stereocenters. The number of carbonyl (C=O) groups excluding carboxylic acids is 1. The molecule has 156 valence electrons. The minimum absolute atomic E-state index is 0.0237. The van der Waals surface area contributed by atoms with Crippen molar-refractivity contribution >= 4 is 27.1 Å². The number of ether oxygens (including phenoxy) is 1. The van der Waals surface area contributed by atoms with Gasteiger partial charge in [0.15, 0.2) is 0 Å². The molecule has 1 heterocycles. The lowest BCUT2D eigenvalue weighted by Gasteiger charge is -2.35. The summed E-state index contributed by atoms with van der Waals surface area (Å²) in [4.78, 5) is 17.0. The van der Waals surface area contributed by atoms with Crippen LogP contribution in [-0.2, 0) is 9.84 Å². The molecule has 0 spiro atoms. The van der Waals surface area contributed by atoms with Crippen LogP contribution in [0.2, 0.25) is 0 Å². The lowest BCUT2D eigenvalue weighted by atomic mass is 10.1. The molecular formula is C21H27N3O4S. The van der Waals surface area contributed by atoms with Gasteiger partial charge >= 0.3 is 0 Å². The molecule has 1 N–H and O–H groups in total. The zero-order chi connectivity index (χ0) is 20.9. The summed E-state index contributed by atoms with van der Waals surface area (Å²) < 4.78 is 27.9. The monoisotopic (exact) mass is 417 g/mol. The van der Waals surface area contributed by atoms with Crippen LogP contribution in [0.3, 0.4) is 0 Å². The number of benzene rings is 2. The molecule has 1 aliphatic rings. The van der Waals surface area contributed by atoms with Crippen molar-refractivity contribution in [3.8, 4) is 5.75 Å². The summed E-state index contributed by atoms with van der Waals surface area (Å²) in [6.45, 7) is 3.03. The molecular weight excluding hydrogens is 390 g/mol. The molecule has 7 nitrogen and oxygen atoms in total. The van der Waals surface area contributed by atoms with Gasteiger partial charge in [-0.1, -0.05) is 12.1 Å². The first-order chi connectivity index (χ1) is 13.9. The van der Waals surface area contributed by atoms with Gasteiger partial charge in [-0.05, 0) is 36.4 Å². The molecule has 1 amide bonds. The van der Waals surface area contributed by atoms with Crippen molar-refractivity contribution < 1.29 is 17.9 Å². The van der Waals surface area contributed by atoms with Crippen LogP contribution in [-0.4, -0.2) is 76.0 Å². The molecule has 2 aromatic rings. The van der Waals surface area contributed by atoms with Gasteiger partial charge in [0.2, 0.25) is 0 Å². The molecule has 8 heteroatoms. The highest BCUT2D eigenvalue weighted by Crippen LogP contribution is 2.24. The Balaban J connectivity index is 1.64. The Labute approximate surface area is 172 Å². The van der Waals surface area contributed by atoms with Crippen LogP contribution in [0.1, 0.15) is 10.4 Å². The van der Waals surface area contributed by atoms with Crippen molar-refractivity contribution in [2.45, 2.75) is 0 Å². The largest absolute Gasteiger partial charge is 0.497 e. The van der Waals surface area contributed by atoms with Crippen LogP contribution in [0.5, 0.6) is 5.75 Å². The fraction of sp³-hybridized carbons (Fsp3) is 0.381. The molecule has 2 aromatic carbocycles. The van der Waals surface area contributed by atoms with Crippen LogP contribution in [0.25, 0.3) is 0 Å². The Morgan fingerprint density at radius 3 is 2.31 bits per heavy atom. The van der Waals surface area contributed by atoms with Gasteiger partial charge in [-0.3, -0.25) is 9.69 Å². The fourth-order valence-corrected chi connectivity index (χ4v) is 3.84. The smallest absolute Gasteiger partial charge is 0.256 e. The number of carbonyl (C=O) groups is 1. The molecule has 29 heavy (non-hydrogen) atoms. The van der Waals surface area contributed by atoms with E-state index in [2.05, 4.69) is 10.2 Å². The lowest BCUT2D eigenvalue weighted by molar-refractivity contribution is 0.0645. The van der Waals surface area contributed by atoms with Crippen LogP contribution in [0.4, 0.5) is 11.4 Å². The Hall–Kier alpha value is -2.58. The Morgan fingerprint density at radius 2 is 1.69 bits per heavy atom. The van der Waals surface area contributed by atoms with Crippen molar-refractivity contribution in [3.63, 3.8) is 0 Å². The first kappa shape index (κ1) is 21.1. The van der Waals surface area contributed by atoms with E-state index >= 15 is 0 Å². The van der Waals surface area contributed by atoms with E-state index in [-0.39, 0.29) is 11.7 Å². The highest BCUT2D eigenvalue weighted by molar-refractivity contribution is 7.90. The number of hydrogen-bond acceptors (Lipinski definition) is 6. The van der Waals surface area contributed by atoms with E-state index in [1.807, 2.05) is 53.4 Å². The molecule has 0 bridgehead atoms. The van der Waals surface area contributed by atoms with Gasteiger partial charge in [-0.25, -0.2) is 8.42 Å². The zero-order valence-corrected chi connectivity index (χ0v) is 17.6. The van der Waals surface area contributed by atoms with Crippen LogP contribution >= 0.6 is 0 Å². The van der Waals surface area contributed by atoms with Crippen molar-refractivity contribution in [1.82, 2.24) is 9.80 Å². The van der Waals surface area contributed by atoms with E-state index in [0.29, 0.717) is 38.3 Å². The van der Waals surface area contributed by atoms with E-state index in [9.17, 15) is 13.2 Å². The Morgan fingerprint density at radius 1 is 1.03 bits per heavy atom. The number of amides is 1. The molecule has 1 fully saturated rings. The maximum Gasteiger partial charge on any atom is 0.256 e. The molecule has 0 unspecified atom stereocenters. The maximum atomic E-state index is 13.1. The van der Waals surface area contributed by atoms with E-state index in [4.69, 9.17) is 4.74 Å². The second-order valence-corrected chi connectivity index (χ2v) is 9.42. The predicted octanol–water partition coefficient (Wildman–Crippen LogP) is 2.24. The van der Waals surface area contributed by atoms with Gasteiger partial charge in [-0.15, -0.1) is 0 Å². The second kappa shape index (κ2) is 9.28. The average molecular weight is 418 g/mol. The number of para-hydroxylation sites is 1. The summed E-state index contributed by atoms with van der Waals surface area (Å²) in [6, 6.07) is 15.0. The quantitative estimate of drug-likeness (QED) is 0.744. The molecule has 0 radical (unpaired) electrons. The lowest BCUT2D eigenvalue weighted by Crippen LogP contribution is -2.49. The summed E-state index contributed by atoms with van der Waals surface area (Å²) in [7, 11) is -1.35. The van der Waals surface area contributed by atoms with Crippen molar-refractivity contribution in [1.29, 1.82) is 0 Å². The number of piperazine rings is 1. The van der Waals surface area contributed by atoms with Crippen LogP contribution in [0, 0.1) is 0 Å². The Bertz CT molecular complexity index is 937. The van der Waals surface area contributed by atoms with Gasteiger partial charge in [0, 0.05) is 44.7 Å². The van der Waals surface area contributed by atoms with Gasteiger partial charge in [0.05, 0.1) is 24.1 Å². The highest BCUT2D eigenvalue weighted by Gasteiger charge is 2.24. The van der Waals surface area contributed by atoms with Crippen molar-refractivity contribution in [2.24, 2.45) is 0 Å². The zero-order valence-electron chi connectivity index (χ0n) is 16.8. The summed E-state index contributed by atoms with van der Waals surface area (Å²) in [5.74, 6) is 0.897. The number of sulfone groups is 1. The fourth-order valence-electron chi connectivity index (χ4n) is 3.25. The topological polar surface area (TPSA) is 79.0 Å². The standard InChI is InChI=1S/C21H27N3O4S/c1-28-18-9-7-17(8-10-18)22-20-6-4-3-5-19(20)21(25)24-13-11-23(12-14-24)15-16-29(2,26)27/h3-10,22H,11-16H2,1-2H3. The molecule has 0 aromatic heterocycles. The predicted molar refractivity (Wildman–Crippen MR) is 115 cm³/mol. The molecule has 1 saturated heterocycles. The molecule has 3 rings (SSSR count). The minimum atomic E-state index is -2.97. The van der Waals surface area contributed by atoms with E-state index < -0.39 is 9.84 Å². The van der Waals surface area contributed by atoms with Gasteiger partial charge in [-0.2, -0.15) is 0 Å². The SMILES string of the molecule is COc1ccc(Nc2ccccc2C(=O)N2CCN(CCS(C)(=O)=O)CC2)cc1. The number of rotatable bonds is 7. The number of nitrogens with zero attached hydrogens (tertiary/aromatic N) is 2. The number of anilines is 2. The van der Waals surface area contributed by atoms with E-state index in [1.54, 1.807) is 7.11 Å². The van der Waals surface area contributed by atoms with Gasteiger partial charge in [0.1, 0.15) is 15.6 Å². The van der Waals surface area contributed by atoms with E-state index in [0.717, 1.165) is 17.1 Å². The third-order valence-electron chi connectivity index (χ3n) is 4.96. The molecule has 0 aliphatic carbocycles. The molecule has 1 aliphatic heterocycles. The number of hydrogen-bond donors (Lipinski definition) is 1. The van der Waals surface area contributed by atoms with Gasteiger partial charge < -0.3 is 15.0 Å². The summed E-state index contributed by atoms with van der Waals surface area (Å²) >= 11 is 0. The van der Waals surface area contributed by atoms with Crippen LogP contribution < -0.4 is 10.1 Å². The third-order valence-corrected chi connectivity index (χ3v) is 5.89. The minimum Gasteiger partial charge on any atom is -0.497 e. The van der Waals surface area contributed by atoms with E-state index in [1.165, 1.54) is 6.26 Å². The highest BCUT2D eigenvalue weighted by atomic mass is 32.2. The normalized spacial score (nSPS) is 15.2. The molecule has 0 saturated carbocycles. The number of methoxy groups -OCH3 is 1. The summed E-state index contributed by atoms with van der Waals surface area (Å²) in [5.41, 5.74) is 2.24. The Kier molecular flexibility index (Phi) is 6.76. The number of nitrogens with one attached hydrogen (secondary N) is 1. The average Bonchev–Trinajstić information content (AvgIpc) is 2.72. The van der Waals surface area contributed by atoms with Gasteiger partial charge in [0.25, 0.3) is 5.91 Å². The van der Waals surface area contributed by atoms with Crippen molar-refractivity contribution in [3.05, 3.63) is 54.1 Å². The second-order valence-electron chi connectivity index (χ2n) is 7.16. The first-order valence-electron chi connectivity index (χ1n) is 9.55. The summed E-state index contributed by atoms with van der Waals surface area (Å²) in [5, 5.41) is 3.31. The first-order valence-corrected chi connectivity index (χ1v) is 11.6. The third kappa shape index (κ3) is 5.95.